The zero-order chi connectivity index (χ0) is 43.0. The van der Waals surface area contributed by atoms with Gasteiger partial charge in [0, 0.05) is 109 Å². The first-order chi connectivity index (χ1) is 30.2. The van der Waals surface area contributed by atoms with Crippen LogP contribution < -0.4 is 15.0 Å². The van der Waals surface area contributed by atoms with Crippen molar-refractivity contribution in [2.75, 3.05) is 50.7 Å². The Morgan fingerprint density at radius 2 is 1.75 bits per heavy atom. The van der Waals surface area contributed by atoms with Crippen LogP contribution in [0.1, 0.15) is 83.2 Å². The van der Waals surface area contributed by atoms with Crippen molar-refractivity contribution in [1.82, 2.24) is 35.0 Å². The van der Waals surface area contributed by atoms with Gasteiger partial charge in [-0.3, -0.25) is 34.2 Å². The molecule has 6 heterocycles. The van der Waals surface area contributed by atoms with Gasteiger partial charge in [-0.1, -0.05) is 48.0 Å². The third kappa shape index (κ3) is 11.1. The van der Waals surface area contributed by atoms with Crippen LogP contribution in [0.25, 0.3) is 11.0 Å². The monoisotopic (exact) mass is 1050 g/mol. The standard InChI is InChI=1S/C28H38N5O4.C19H11ClN3O2.Au/c34-25-11-10-24(27(36)29-25)33-20-21-19-22(8-9-23(21)28(33)37)31-17-15-30(16-18-31)12-4-1-3-7-26(35)32-13-5-2-6-14-32;20-17-8-13(25-12-4-2-1-3-5-12)6-7-14(17)18(24)15-10-22-19-16(15)9-21-11-23-19;/h5,8-9,19,24H,1-4,6-7,10-18,20H2,(H,29,34,36);1-8,10-11H,(H,21,22,23);/q2*-1;/t24-;;/m0../s1. The van der Waals surface area contributed by atoms with E-state index in [0.29, 0.717) is 69.5 Å². The molecule has 0 aliphatic carbocycles. The van der Waals surface area contributed by atoms with Gasteiger partial charge in [0.05, 0.1) is 5.02 Å². The number of unbranched alkanes of at least 4 members (excludes halogenated alkanes) is 2. The average molecular weight is 1050 g/mol. The van der Waals surface area contributed by atoms with E-state index in [0.717, 1.165) is 89.2 Å². The number of imide groups is 1. The molecule has 1 atom stereocenters. The molecule has 0 unspecified atom stereocenters. The Labute approximate surface area is 387 Å². The van der Waals surface area contributed by atoms with Crippen molar-refractivity contribution >= 4 is 57.7 Å². The van der Waals surface area contributed by atoms with E-state index in [9.17, 15) is 24.0 Å². The molecule has 9 rings (SSSR count). The van der Waals surface area contributed by atoms with Gasteiger partial charge in [-0.2, -0.15) is 6.42 Å². The van der Waals surface area contributed by atoms with E-state index < -0.39 is 6.04 Å². The smallest absolute Gasteiger partial charge is 0.255 e. The number of hydrogen-bond acceptors (Lipinski definition) is 10. The molecule has 3 fully saturated rings. The van der Waals surface area contributed by atoms with Crippen LogP contribution >= 0.6 is 11.6 Å². The van der Waals surface area contributed by atoms with Gasteiger partial charge >= 0.3 is 0 Å². The van der Waals surface area contributed by atoms with E-state index in [1.807, 2.05) is 47.4 Å². The predicted octanol–water partition coefficient (Wildman–Crippen LogP) is 6.39. The van der Waals surface area contributed by atoms with Crippen molar-refractivity contribution < 1.29 is 51.1 Å². The summed E-state index contributed by atoms with van der Waals surface area (Å²) in [5, 5.41) is 3.20. The normalized spacial score (nSPS) is 17.7. The number of piperidine rings is 2. The number of rotatable bonds is 12. The van der Waals surface area contributed by atoms with Crippen molar-refractivity contribution in [3.63, 3.8) is 0 Å². The van der Waals surface area contributed by atoms with Gasteiger partial charge in [0.25, 0.3) is 5.91 Å². The molecular weight excluding hydrogens is 1000 g/mol. The molecule has 0 spiro atoms. The second kappa shape index (κ2) is 21.3. The van der Waals surface area contributed by atoms with Gasteiger partial charge in [-0.05, 0) is 91.8 Å². The number of ketones is 1. The van der Waals surface area contributed by atoms with Gasteiger partial charge in [-0.15, -0.1) is 6.54 Å². The molecule has 0 bridgehead atoms. The van der Waals surface area contributed by atoms with Crippen LogP contribution in [0.15, 0.2) is 79.3 Å². The van der Waals surface area contributed by atoms with Crippen molar-refractivity contribution in [3.8, 4) is 11.5 Å². The number of para-hydroxylation sites is 1. The van der Waals surface area contributed by atoms with Crippen molar-refractivity contribution in [3.05, 3.63) is 119 Å². The summed E-state index contributed by atoms with van der Waals surface area (Å²) < 4.78 is 5.73. The molecule has 2 aromatic heterocycles. The maximum absolute atomic E-state index is 12.9. The minimum Gasteiger partial charge on any atom is -0.457 e. The summed E-state index contributed by atoms with van der Waals surface area (Å²) in [6.07, 6.45) is 14.7. The van der Waals surface area contributed by atoms with Crippen LogP contribution in [0.2, 0.25) is 5.02 Å². The number of aromatic nitrogens is 3. The number of fused-ring (bicyclic) bond motifs is 2. The maximum atomic E-state index is 12.9. The van der Waals surface area contributed by atoms with Crippen LogP contribution in [0, 0.1) is 12.6 Å². The first kappa shape index (κ1) is 45.6. The third-order valence-corrected chi connectivity index (χ3v) is 12.1. The van der Waals surface area contributed by atoms with Crippen LogP contribution in [0.4, 0.5) is 5.69 Å². The van der Waals surface area contributed by atoms with Gasteiger partial charge in [0.2, 0.25) is 17.7 Å². The van der Waals surface area contributed by atoms with Crippen molar-refractivity contribution in [2.45, 2.75) is 64.0 Å². The maximum Gasteiger partial charge on any atom is 0.255 e. The second-order valence-electron chi connectivity index (χ2n) is 15.9. The largest absolute Gasteiger partial charge is 0.457 e. The number of anilines is 1. The molecule has 5 aromatic rings. The van der Waals surface area contributed by atoms with E-state index in [1.165, 1.54) is 6.33 Å². The molecular formula is C47H49AuClN8O6-2. The number of ether oxygens (including phenoxy) is 1. The minimum absolute atomic E-state index is 0. The summed E-state index contributed by atoms with van der Waals surface area (Å²) in [4.78, 5) is 81.1. The molecule has 3 aromatic carbocycles. The summed E-state index contributed by atoms with van der Waals surface area (Å²) in [5.74, 6) is 0.559. The minimum atomic E-state index is -0.578. The van der Waals surface area contributed by atoms with E-state index in [2.05, 4.69) is 48.8 Å². The number of likely N-dealkylation sites (tertiary alicyclic amines) is 1. The molecule has 4 aliphatic heterocycles. The number of aromatic amines is 1. The summed E-state index contributed by atoms with van der Waals surface area (Å²) in [6.45, 7) is 7.09. The Bertz CT molecular complexity index is 2440. The van der Waals surface area contributed by atoms with Gasteiger partial charge < -0.3 is 40.8 Å². The zero-order valence-electron chi connectivity index (χ0n) is 34.8. The first-order valence-corrected chi connectivity index (χ1v) is 21.7. The number of benzene rings is 3. The third-order valence-electron chi connectivity index (χ3n) is 11.8. The number of nitrogens with zero attached hydrogens (tertiary/aromatic N) is 6. The molecule has 1 radical (unpaired) electrons. The Morgan fingerprint density at radius 1 is 0.921 bits per heavy atom. The summed E-state index contributed by atoms with van der Waals surface area (Å²) in [6, 6.07) is 19.7. The average Bonchev–Trinajstić information content (AvgIpc) is 3.88. The van der Waals surface area contributed by atoms with E-state index in [1.54, 1.807) is 29.3 Å². The second-order valence-corrected chi connectivity index (χ2v) is 16.4. The van der Waals surface area contributed by atoms with Gasteiger partial charge in [-0.25, -0.2) is 0 Å². The molecule has 16 heteroatoms. The fraction of sp³-hybridized carbons (Fsp3) is 0.362. The van der Waals surface area contributed by atoms with E-state index in [-0.39, 0.29) is 52.3 Å². The number of H-pyrrole nitrogens is 1. The summed E-state index contributed by atoms with van der Waals surface area (Å²) in [7, 11) is 0. The molecule has 333 valence electrons. The van der Waals surface area contributed by atoms with Crippen molar-refractivity contribution in [1.29, 1.82) is 0 Å². The van der Waals surface area contributed by atoms with E-state index >= 15 is 0 Å². The van der Waals surface area contributed by atoms with E-state index in [4.69, 9.17) is 16.3 Å². The number of carbonyl (C=O) groups is 5. The Kier molecular flexibility index (Phi) is 15.5. The van der Waals surface area contributed by atoms with Crippen LogP contribution in [0.3, 0.4) is 0 Å². The Balaban J connectivity index is 0.000000200. The summed E-state index contributed by atoms with van der Waals surface area (Å²) >= 11 is 6.31. The molecule has 4 amide bonds. The quantitative estimate of drug-likeness (QED) is 0.0472. The fourth-order valence-corrected chi connectivity index (χ4v) is 8.68. The SMILES string of the molecule is O=C(c1ccc(Oc2ccccc2)cc1Cl)c1c[nH]c2ncn[c-]c12.O=C1CC[C@H](N2Cc3cc(N4CCN(CCCCCC(=O)N5C[CH-]CCC5)CC4)ccc3C2=O)C(=O)N1.[Au]. The fourth-order valence-electron chi connectivity index (χ4n) is 8.42. The number of halogens is 1. The molecule has 63 heavy (non-hydrogen) atoms. The Hall–Kier alpha value is -5.38. The number of nitrogens with one attached hydrogen (secondary N) is 2. The molecule has 0 saturated carbocycles. The Morgan fingerprint density at radius 3 is 2.51 bits per heavy atom. The number of amides is 4. The van der Waals surface area contributed by atoms with Crippen LogP contribution in [-0.4, -0.2) is 111 Å². The van der Waals surface area contributed by atoms with Gasteiger partial charge in [0.15, 0.2) is 5.78 Å². The molecule has 2 N–H and O–H groups in total. The summed E-state index contributed by atoms with van der Waals surface area (Å²) in [5.41, 5.74) is 4.08. The molecule has 4 aliphatic rings. The molecule has 14 nitrogen and oxygen atoms in total. The van der Waals surface area contributed by atoms with Crippen LogP contribution in [-0.2, 0) is 43.3 Å². The van der Waals surface area contributed by atoms with Crippen LogP contribution in [0.5, 0.6) is 11.5 Å². The number of piperazine rings is 1. The van der Waals surface area contributed by atoms with Gasteiger partial charge in [0.1, 0.15) is 17.5 Å². The first-order valence-electron chi connectivity index (χ1n) is 21.3. The number of hydrogen-bond donors (Lipinski definition) is 2. The van der Waals surface area contributed by atoms with Crippen molar-refractivity contribution in [2.24, 2.45) is 0 Å². The predicted molar refractivity (Wildman–Crippen MR) is 234 cm³/mol. The molecule has 3 saturated heterocycles. The zero-order valence-corrected chi connectivity index (χ0v) is 37.7. The number of carbonyl (C=O) groups excluding carboxylic acids is 5. The topological polar surface area (TPSA) is 161 Å².